The molecule has 0 aliphatic heterocycles. The SMILES string of the molecule is CCCC=NOC(C)CC. The molecule has 0 aromatic rings. The highest BCUT2D eigenvalue weighted by Gasteiger charge is 1.93. The van der Waals surface area contributed by atoms with Crippen molar-refractivity contribution in [2.24, 2.45) is 5.16 Å². The summed E-state index contributed by atoms with van der Waals surface area (Å²) in [5.74, 6) is 0. The van der Waals surface area contributed by atoms with Gasteiger partial charge in [0.15, 0.2) is 0 Å². The molecule has 0 spiro atoms. The average Bonchev–Trinajstić information content (AvgIpc) is 1.98. The van der Waals surface area contributed by atoms with E-state index in [1.54, 1.807) is 0 Å². The number of hydrogen-bond acceptors (Lipinski definition) is 2. The monoisotopic (exact) mass is 143 g/mol. The van der Waals surface area contributed by atoms with Crippen LogP contribution in [0.5, 0.6) is 0 Å². The molecule has 0 aliphatic carbocycles. The van der Waals surface area contributed by atoms with Gasteiger partial charge in [-0.25, -0.2) is 0 Å². The second-order valence-electron chi connectivity index (χ2n) is 2.40. The molecule has 0 heterocycles. The fourth-order valence-electron chi connectivity index (χ4n) is 0.403. The molecule has 10 heavy (non-hydrogen) atoms. The maximum atomic E-state index is 5.06. The van der Waals surface area contributed by atoms with E-state index in [0.717, 1.165) is 19.3 Å². The molecule has 2 nitrogen and oxygen atoms in total. The second-order valence-corrected chi connectivity index (χ2v) is 2.40. The zero-order chi connectivity index (χ0) is 7.82. The highest BCUT2D eigenvalue weighted by atomic mass is 16.6. The molecule has 0 N–H and O–H groups in total. The summed E-state index contributed by atoms with van der Waals surface area (Å²) in [6, 6.07) is 0. The summed E-state index contributed by atoms with van der Waals surface area (Å²) in [6.07, 6.45) is 5.24. The smallest absolute Gasteiger partial charge is 0.124 e. The van der Waals surface area contributed by atoms with Gasteiger partial charge >= 0.3 is 0 Å². The Labute approximate surface area is 63.3 Å². The van der Waals surface area contributed by atoms with Gasteiger partial charge in [0.2, 0.25) is 0 Å². The van der Waals surface area contributed by atoms with Crippen LogP contribution < -0.4 is 0 Å². The molecular weight excluding hydrogens is 126 g/mol. The summed E-state index contributed by atoms with van der Waals surface area (Å²) in [5, 5.41) is 3.81. The van der Waals surface area contributed by atoms with Gasteiger partial charge in [-0.3, -0.25) is 0 Å². The zero-order valence-electron chi connectivity index (χ0n) is 7.13. The highest BCUT2D eigenvalue weighted by Crippen LogP contribution is 1.95. The maximum Gasteiger partial charge on any atom is 0.124 e. The van der Waals surface area contributed by atoms with Crippen LogP contribution in [0.15, 0.2) is 5.16 Å². The number of hydrogen-bond donors (Lipinski definition) is 0. The Morgan fingerprint density at radius 1 is 1.50 bits per heavy atom. The molecule has 0 aliphatic rings. The van der Waals surface area contributed by atoms with Crippen molar-refractivity contribution in [3.05, 3.63) is 0 Å². The van der Waals surface area contributed by atoms with E-state index in [1.165, 1.54) is 0 Å². The third-order valence-corrected chi connectivity index (χ3v) is 1.31. The molecule has 0 radical (unpaired) electrons. The van der Waals surface area contributed by atoms with Crippen molar-refractivity contribution in [1.82, 2.24) is 0 Å². The van der Waals surface area contributed by atoms with Gasteiger partial charge in [-0.05, 0) is 19.8 Å². The summed E-state index contributed by atoms with van der Waals surface area (Å²) in [5.41, 5.74) is 0. The van der Waals surface area contributed by atoms with Gasteiger partial charge in [0.1, 0.15) is 6.10 Å². The van der Waals surface area contributed by atoms with Crippen LogP contribution in [-0.4, -0.2) is 12.3 Å². The minimum atomic E-state index is 0.258. The standard InChI is InChI=1S/C8H17NO/c1-4-6-7-9-10-8(3)5-2/h7-8H,4-6H2,1-3H3. The molecular formula is C8H17NO. The van der Waals surface area contributed by atoms with Crippen LogP contribution in [0.4, 0.5) is 0 Å². The number of rotatable bonds is 5. The Bertz CT molecular complexity index is 91.3. The first-order valence-corrected chi connectivity index (χ1v) is 3.98. The van der Waals surface area contributed by atoms with Gasteiger partial charge in [-0.2, -0.15) is 0 Å². The normalized spacial score (nSPS) is 13.9. The first-order valence-electron chi connectivity index (χ1n) is 3.98. The van der Waals surface area contributed by atoms with E-state index in [-0.39, 0.29) is 6.10 Å². The van der Waals surface area contributed by atoms with Crippen molar-refractivity contribution in [2.45, 2.75) is 46.1 Å². The Hall–Kier alpha value is -0.530. The van der Waals surface area contributed by atoms with E-state index in [4.69, 9.17) is 4.84 Å². The van der Waals surface area contributed by atoms with E-state index < -0.39 is 0 Å². The topological polar surface area (TPSA) is 21.6 Å². The summed E-state index contributed by atoms with van der Waals surface area (Å²) in [6.45, 7) is 6.22. The Morgan fingerprint density at radius 3 is 2.70 bits per heavy atom. The lowest BCUT2D eigenvalue weighted by molar-refractivity contribution is 0.0707. The number of oxime groups is 1. The molecule has 0 bridgehead atoms. The molecule has 0 aromatic carbocycles. The lowest BCUT2D eigenvalue weighted by Crippen LogP contribution is -2.00. The van der Waals surface area contributed by atoms with E-state index in [2.05, 4.69) is 19.0 Å². The van der Waals surface area contributed by atoms with Crippen molar-refractivity contribution in [2.75, 3.05) is 0 Å². The Kier molecular flexibility index (Phi) is 6.24. The lowest BCUT2D eigenvalue weighted by atomic mass is 10.3. The van der Waals surface area contributed by atoms with Crippen LogP contribution in [0.25, 0.3) is 0 Å². The predicted octanol–water partition coefficient (Wildman–Crippen LogP) is 2.59. The minimum absolute atomic E-state index is 0.258. The van der Waals surface area contributed by atoms with Crippen LogP contribution >= 0.6 is 0 Å². The summed E-state index contributed by atoms with van der Waals surface area (Å²) in [7, 11) is 0. The van der Waals surface area contributed by atoms with Crippen LogP contribution in [0, 0.1) is 0 Å². The summed E-state index contributed by atoms with van der Waals surface area (Å²) >= 11 is 0. The second kappa shape index (κ2) is 6.59. The van der Waals surface area contributed by atoms with Crippen molar-refractivity contribution in [1.29, 1.82) is 0 Å². The van der Waals surface area contributed by atoms with Crippen molar-refractivity contribution in [3.8, 4) is 0 Å². The van der Waals surface area contributed by atoms with Gasteiger partial charge < -0.3 is 4.84 Å². The average molecular weight is 143 g/mol. The molecule has 60 valence electrons. The van der Waals surface area contributed by atoms with Gasteiger partial charge in [-0.1, -0.05) is 25.4 Å². The maximum absolute atomic E-state index is 5.06. The lowest BCUT2D eigenvalue weighted by Gasteiger charge is -2.03. The van der Waals surface area contributed by atoms with Crippen LogP contribution in [0.3, 0.4) is 0 Å². The fraction of sp³-hybridized carbons (Fsp3) is 0.875. The van der Waals surface area contributed by atoms with Gasteiger partial charge in [0.25, 0.3) is 0 Å². The first kappa shape index (κ1) is 9.47. The van der Waals surface area contributed by atoms with E-state index in [1.807, 2.05) is 13.1 Å². The largest absolute Gasteiger partial charge is 0.393 e. The molecule has 2 heteroatoms. The van der Waals surface area contributed by atoms with E-state index in [9.17, 15) is 0 Å². The first-order chi connectivity index (χ1) is 4.81. The quantitative estimate of drug-likeness (QED) is 0.428. The molecule has 0 saturated carbocycles. The molecule has 0 saturated heterocycles. The third kappa shape index (κ3) is 5.60. The summed E-state index contributed by atoms with van der Waals surface area (Å²) < 4.78 is 0. The van der Waals surface area contributed by atoms with Gasteiger partial charge in [-0.15, -0.1) is 0 Å². The number of unbranched alkanes of at least 4 members (excludes halogenated alkanes) is 1. The molecule has 0 amide bonds. The fourth-order valence-corrected chi connectivity index (χ4v) is 0.403. The van der Waals surface area contributed by atoms with Crippen molar-refractivity contribution in [3.63, 3.8) is 0 Å². The molecule has 1 unspecified atom stereocenters. The molecule has 0 rings (SSSR count). The minimum Gasteiger partial charge on any atom is -0.393 e. The number of nitrogens with zero attached hydrogens (tertiary/aromatic N) is 1. The van der Waals surface area contributed by atoms with E-state index in [0.29, 0.717) is 0 Å². The molecule has 0 fully saturated rings. The summed E-state index contributed by atoms with van der Waals surface area (Å²) in [4.78, 5) is 5.06. The predicted molar refractivity (Wildman–Crippen MR) is 44.2 cm³/mol. The highest BCUT2D eigenvalue weighted by molar-refractivity contribution is 5.55. The third-order valence-electron chi connectivity index (χ3n) is 1.31. The van der Waals surface area contributed by atoms with Gasteiger partial charge in [0, 0.05) is 6.21 Å². The molecule has 0 aromatic heterocycles. The Morgan fingerprint density at radius 2 is 2.20 bits per heavy atom. The van der Waals surface area contributed by atoms with Crippen LogP contribution in [0.1, 0.15) is 40.0 Å². The Balaban J connectivity index is 3.16. The molecule has 1 atom stereocenters. The van der Waals surface area contributed by atoms with Gasteiger partial charge in [0.05, 0.1) is 0 Å². The van der Waals surface area contributed by atoms with Crippen molar-refractivity contribution < 1.29 is 4.84 Å². The van der Waals surface area contributed by atoms with Crippen LogP contribution in [-0.2, 0) is 4.84 Å². The van der Waals surface area contributed by atoms with Crippen LogP contribution in [0.2, 0.25) is 0 Å². The van der Waals surface area contributed by atoms with E-state index >= 15 is 0 Å². The zero-order valence-corrected chi connectivity index (χ0v) is 7.13. The van der Waals surface area contributed by atoms with Crippen molar-refractivity contribution >= 4 is 6.21 Å².